The summed E-state index contributed by atoms with van der Waals surface area (Å²) in [5.74, 6) is 0.543. The van der Waals surface area contributed by atoms with E-state index in [0.717, 1.165) is 11.1 Å². The number of rotatable bonds is 3. The van der Waals surface area contributed by atoms with Gasteiger partial charge in [-0.2, -0.15) is 0 Å². The summed E-state index contributed by atoms with van der Waals surface area (Å²) in [6, 6.07) is 9.38. The lowest BCUT2D eigenvalue weighted by Gasteiger charge is -2.02. The molecule has 0 saturated heterocycles. The third kappa shape index (κ3) is 2.84. The Kier molecular flexibility index (Phi) is 3.63. The van der Waals surface area contributed by atoms with Crippen LogP contribution < -0.4 is 0 Å². The second-order valence-electron chi connectivity index (χ2n) is 3.79. The van der Waals surface area contributed by atoms with Crippen LogP contribution in [-0.4, -0.2) is 5.78 Å². The van der Waals surface area contributed by atoms with Crippen LogP contribution in [0.25, 0.3) is 0 Å². The van der Waals surface area contributed by atoms with E-state index in [0.29, 0.717) is 5.92 Å². The van der Waals surface area contributed by atoms with Gasteiger partial charge in [-0.15, -0.1) is 0 Å². The number of hydrogen-bond donors (Lipinski definition) is 0. The standard InChI is InChI=1S/C13H16O/c1-10(2)9-11(3)13(14)12-7-5-4-6-8-12/h4-10H,1-3H3/b11-9+. The molecule has 1 nitrogen and oxygen atoms in total. The van der Waals surface area contributed by atoms with E-state index in [4.69, 9.17) is 0 Å². The van der Waals surface area contributed by atoms with E-state index in [9.17, 15) is 4.79 Å². The van der Waals surface area contributed by atoms with Gasteiger partial charge in [0.15, 0.2) is 5.78 Å². The molecule has 0 unspecified atom stereocenters. The second kappa shape index (κ2) is 4.75. The lowest BCUT2D eigenvalue weighted by molar-refractivity contribution is 0.103. The smallest absolute Gasteiger partial charge is 0.188 e. The second-order valence-corrected chi connectivity index (χ2v) is 3.79. The van der Waals surface area contributed by atoms with Gasteiger partial charge in [-0.3, -0.25) is 4.79 Å². The number of ketones is 1. The first kappa shape index (κ1) is 10.7. The predicted octanol–water partition coefficient (Wildman–Crippen LogP) is 3.47. The molecule has 1 aromatic rings. The van der Waals surface area contributed by atoms with Crippen LogP contribution in [0.15, 0.2) is 42.0 Å². The average Bonchev–Trinajstić information content (AvgIpc) is 2.17. The zero-order valence-electron chi connectivity index (χ0n) is 8.95. The van der Waals surface area contributed by atoms with Crippen molar-refractivity contribution in [3.05, 3.63) is 47.5 Å². The van der Waals surface area contributed by atoms with Crippen molar-refractivity contribution in [1.82, 2.24) is 0 Å². The number of benzene rings is 1. The van der Waals surface area contributed by atoms with E-state index in [1.54, 1.807) is 0 Å². The van der Waals surface area contributed by atoms with Crippen molar-refractivity contribution in [2.75, 3.05) is 0 Å². The molecule has 14 heavy (non-hydrogen) atoms. The summed E-state index contributed by atoms with van der Waals surface area (Å²) in [7, 11) is 0. The molecule has 1 aromatic carbocycles. The summed E-state index contributed by atoms with van der Waals surface area (Å²) in [4.78, 5) is 11.8. The topological polar surface area (TPSA) is 17.1 Å². The first-order chi connectivity index (χ1) is 6.61. The molecule has 0 aliphatic heterocycles. The van der Waals surface area contributed by atoms with Crippen LogP contribution in [0.3, 0.4) is 0 Å². The van der Waals surface area contributed by atoms with Crippen molar-refractivity contribution in [2.45, 2.75) is 20.8 Å². The van der Waals surface area contributed by atoms with Gasteiger partial charge < -0.3 is 0 Å². The molecule has 0 amide bonds. The Morgan fingerprint density at radius 2 is 1.79 bits per heavy atom. The molecular weight excluding hydrogens is 172 g/mol. The third-order valence-electron chi connectivity index (χ3n) is 1.98. The van der Waals surface area contributed by atoms with Crippen LogP contribution in [0, 0.1) is 5.92 Å². The first-order valence-electron chi connectivity index (χ1n) is 4.89. The maximum absolute atomic E-state index is 11.8. The Hall–Kier alpha value is -1.37. The Bertz CT molecular complexity index is 334. The normalized spacial score (nSPS) is 11.9. The van der Waals surface area contributed by atoms with Crippen molar-refractivity contribution in [3.8, 4) is 0 Å². The minimum atomic E-state index is 0.124. The summed E-state index contributed by atoms with van der Waals surface area (Å²) in [5, 5.41) is 0. The fourth-order valence-electron chi connectivity index (χ4n) is 1.39. The Labute approximate surface area is 85.5 Å². The molecule has 0 spiro atoms. The molecule has 0 heterocycles. The molecule has 1 heteroatoms. The zero-order chi connectivity index (χ0) is 10.6. The van der Waals surface area contributed by atoms with E-state index in [1.807, 2.05) is 43.3 Å². The Morgan fingerprint density at radius 3 is 2.29 bits per heavy atom. The van der Waals surface area contributed by atoms with Gasteiger partial charge in [0.1, 0.15) is 0 Å². The predicted molar refractivity (Wildman–Crippen MR) is 59.4 cm³/mol. The molecule has 0 atom stereocenters. The minimum Gasteiger partial charge on any atom is -0.289 e. The van der Waals surface area contributed by atoms with Crippen LogP contribution in [0.4, 0.5) is 0 Å². The zero-order valence-corrected chi connectivity index (χ0v) is 8.95. The maximum Gasteiger partial charge on any atom is 0.188 e. The van der Waals surface area contributed by atoms with Crippen LogP contribution in [0.1, 0.15) is 31.1 Å². The van der Waals surface area contributed by atoms with E-state index in [1.165, 1.54) is 0 Å². The van der Waals surface area contributed by atoms with Gasteiger partial charge in [0.25, 0.3) is 0 Å². The molecule has 1 rings (SSSR count). The monoisotopic (exact) mass is 188 g/mol. The van der Waals surface area contributed by atoms with Gasteiger partial charge in [0.05, 0.1) is 0 Å². The number of Topliss-reactive ketones (excluding diaryl/α,β-unsaturated/α-hetero) is 1. The molecule has 74 valence electrons. The third-order valence-corrected chi connectivity index (χ3v) is 1.98. The summed E-state index contributed by atoms with van der Waals surface area (Å²) in [6.07, 6.45) is 2.00. The first-order valence-corrected chi connectivity index (χ1v) is 4.89. The molecule has 0 radical (unpaired) electrons. The minimum absolute atomic E-state index is 0.124. The van der Waals surface area contributed by atoms with Gasteiger partial charge >= 0.3 is 0 Å². The number of carbonyl (C=O) groups is 1. The summed E-state index contributed by atoms with van der Waals surface area (Å²) < 4.78 is 0. The lowest BCUT2D eigenvalue weighted by atomic mass is 10.0. The van der Waals surface area contributed by atoms with E-state index in [2.05, 4.69) is 13.8 Å². The number of hydrogen-bond acceptors (Lipinski definition) is 1. The van der Waals surface area contributed by atoms with Crippen LogP contribution in [0.5, 0.6) is 0 Å². The molecule has 0 N–H and O–H groups in total. The maximum atomic E-state index is 11.8. The number of carbonyl (C=O) groups excluding carboxylic acids is 1. The fourth-order valence-corrected chi connectivity index (χ4v) is 1.39. The largest absolute Gasteiger partial charge is 0.289 e. The highest BCUT2D eigenvalue weighted by molar-refractivity contribution is 6.08. The van der Waals surface area contributed by atoms with Gasteiger partial charge in [0.2, 0.25) is 0 Å². The Morgan fingerprint density at radius 1 is 1.21 bits per heavy atom. The van der Waals surface area contributed by atoms with E-state index >= 15 is 0 Å². The van der Waals surface area contributed by atoms with E-state index in [-0.39, 0.29) is 5.78 Å². The van der Waals surface area contributed by atoms with Gasteiger partial charge in [-0.1, -0.05) is 50.3 Å². The molecule has 0 aromatic heterocycles. The van der Waals surface area contributed by atoms with Gasteiger partial charge in [-0.05, 0) is 18.4 Å². The van der Waals surface area contributed by atoms with Crippen molar-refractivity contribution >= 4 is 5.78 Å². The quantitative estimate of drug-likeness (QED) is 0.524. The highest BCUT2D eigenvalue weighted by Gasteiger charge is 2.06. The fraction of sp³-hybridized carbons (Fsp3) is 0.308. The van der Waals surface area contributed by atoms with Crippen LogP contribution in [-0.2, 0) is 0 Å². The molecule has 0 aliphatic rings. The van der Waals surface area contributed by atoms with Gasteiger partial charge in [0, 0.05) is 5.56 Å². The summed E-state index contributed by atoms with van der Waals surface area (Å²) in [5.41, 5.74) is 1.59. The van der Waals surface area contributed by atoms with Crippen molar-refractivity contribution < 1.29 is 4.79 Å². The van der Waals surface area contributed by atoms with Crippen molar-refractivity contribution in [3.63, 3.8) is 0 Å². The van der Waals surface area contributed by atoms with Crippen molar-refractivity contribution in [1.29, 1.82) is 0 Å². The molecule has 0 fully saturated rings. The van der Waals surface area contributed by atoms with Crippen molar-refractivity contribution in [2.24, 2.45) is 5.92 Å². The van der Waals surface area contributed by atoms with Crippen LogP contribution in [0.2, 0.25) is 0 Å². The number of allylic oxidation sites excluding steroid dienone is 2. The summed E-state index contributed by atoms with van der Waals surface area (Å²) in [6.45, 7) is 6.01. The van der Waals surface area contributed by atoms with E-state index < -0.39 is 0 Å². The molecule has 0 aliphatic carbocycles. The molecule has 0 bridgehead atoms. The highest BCUT2D eigenvalue weighted by Crippen LogP contribution is 2.09. The molecule has 0 saturated carbocycles. The van der Waals surface area contributed by atoms with Gasteiger partial charge in [-0.25, -0.2) is 0 Å². The lowest BCUT2D eigenvalue weighted by Crippen LogP contribution is -2.01. The van der Waals surface area contributed by atoms with Crippen LogP contribution >= 0.6 is 0 Å². The SMILES string of the molecule is C/C(=C\C(C)C)C(=O)c1ccccc1. The average molecular weight is 188 g/mol. The summed E-state index contributed by atoms with van der Waals surface area (Å²) >= 11 is 0. The highest BCUT2D eigenvalue weighted by atomic mass is 16.1. The molecular formula is C13H16O. The Balaban J connectivity index is 2.87.